The fourth-order valence-corrected chi connectivity index (χ4v) is 7.57. The van der Waals surface area contributed by atoms with E-state index >= 15 is 0 Å². The molecule has 38 heavy (non-hydrogen) atoms. The number of morpholine rings is 1. The Kier molecular flexibility index (Phi) is 6.49. The number of fused-ring (bicyclic) bond motifs is 3. The normalized spacial score (nSPS) is 16.9. The zero-order chi connectivity index (χ0) is 26.3. The molecule has 3 aromatic heterocycles. The van der Waals surface area contributed by atoms with Crippen molar-refractivity contribution in [3.63, 3.8) is 0 Å². The van der Waals surface area contributed by atoms with Crippen LogP contribution in [-0.2, 0) is 27.6 Å². The van der Waals surface area contributed by atoms with E-state index in [-0.39, 0.29) is 21.9 Å². The first kappa shape index (κ1) is 24.8. The topological polar surface area (TPSA) is 129 Å². The van der Waals surface area contributed by atoms with E-state index in [1.165, 1.54) is 20.5 Å². The molecule has 1 saturated heterocycles. The molecule has 0 atom stereocenters. The van der Waals surface area contributed by atoms with Crippen LogP contribution in [0.2, 0.25) is 0 Å². The third-order valence-electron chi connectivity index (χ3n) is 6.86. The van der Waals surface area contributed by atoms with Crippen molar-refractivity contribution in [3.8, 4) is 17.4 Å². The summed E-state index contributed by atoms with van der Waals surface area (Å²) in [6.07, 6.45) is 5.56. The van der Waals surface area contributed by atoms with Crippen molar-refractivity contribution in [2.45, 2.75) is 30.6 Å². The maximum absolute atomic E-state index is 12.9. The first-order valence-corrected chi connectivity index (χ1v) is 14.6. The van der Waals surface area contributed by atoms with Gasteiger partial charge in [-0.25, -0.2) is 13.4 Å². The third-order valence-corrected chi connectivity index (χ3v) is 9.96. The molecule has 2 aliphatic rings. The van der Waals surface area contributed by atoms with Gasteiger partial charge in [0.25, 0.3) is 5.56 Å². The van der Waals surface area contributed by atoms with Crippen LogP contribution in [0.3, 0.4) is 0 Å². The summed E-state index contributed by atoms with van der Waals surface area (Å²) in [5.74, 6) is 1.14. The van der Waals surface area contributed by atoms with Gasteiger partial charge in [-0.3, -0.25) is 4.79 Å². The van der Waals surface area contributed by atoms with E-state index in [0.717, 1.165) is 31.2 Å². The number of aromatic amines is 1. The van der Waals surface area contributed by atoms with Gasteiger partial charge in [-0.15, -0.1) is 11.3 Å². The molecule has 194 valence electrons. The quantitative estimate of drug-likeness (QED) is 0.370. The summed E-state index contributed by atoms with van der Waals surface area (Å²) in [7, 11) is -3.58. The molecule has 0 bridgehead atoms. The first-order chi connectivity index (χ1) is 18.4. The average molecular weight is 549 g/mol. The lowest BCUT2D eigenvalue weighted by atomic mass is 9.97. The van der Waals surface area contributed by atoms with Crippen molar-refractivity contribution < 1.29 is 17.6 Å². The zero-order valence-corrected chi connectivity index (χ0v) is 22.0. The van der Waals surface area contributed by atoms with Crippen LogP contribution in [0.15, 0.2) is 50.5 Å². The summed E-state index contributed by atoms with van der Waals surface area (Å²) >= 11 is 1.53. The molecule has 9 nitrogen and oxygen atoms in total. The van der Waals surface area contributed by atoms with Crippen molar-refractivity contribution >= 4 is 43.2 Å². The maximum Gasteiger partial charge on any atom is 0.260 e. The van der Waals surface area contributed by atoms with E-state index < -0.39 is 10.0 Å². The maximum atomic E-state index is 12.9. The molecule has 0 radical (unpaired) electrons. The van der Waals surface area contributed by atoms with Crippen molar-refractivity contribution in [1.29, 1.82) is 5.26 Å². The fraction of sp³-hybridized carbons (Fsp3) is 0.296. The lowest BCUT2D eigenvalue weighted by molar-refractivity contribution is 0.0730. The molecule has 4 aromatic rings. The smallest absolute Gasteiger partial charge is 0.260 e. The van der Waals surface area contributed by atoms with Gasteiger partial charge in [0, 0.05) is 29.6 Å². The number of H-pyrrole nitrogens is 1. The van der Waals surface area contributed by atoms with Gasteiger partial charge in [0.15, 0.2) is 5.82 Å². The van der Waals surface area contributed by atoms with Crippen LogP contribution in [0.1, 0.15) is 34.9 Å². The van der Waals surface area contributed by atoms with E-state index in [9.17, 15) is 18.5 Å². The minimum Gasteiger partial charge on any atom is -0.457 e. The number of ether oxygens (including phenoxy) is 1. The van der Waals surface area contributed by atoms with Gasteiger partial charge < -0.3 is 14.1 Å². The van der Waals surface area contributed by atoms with Crippen molar-refractivity contribution in [3.05, 3.63) is 68.8 Å². The molecule has 0 saturated carbocycles. The second-order valence-corrected chi connectivity index (χ2v) is 12.2. The van der Waals surface area contributed by atoms with Crippen molar-refractivity contribution in [1.82, 2.24) is 14.3 Å². The molecule has 1 aliphatic carbocycles. The molecular weight excluding hydrogens is 524 g/mol. The van der Waals surface area contributed by atoms with E-state index in [1.807, 2.05) is 0 Å². The Bertz CT molecular complexity index is 1750. The molecular formula is C27H24N4O5S2. The standard InChI is InChI=1S/C27H24N4O5S2/c28-16-18(25-29-26(32)24-21-3-1-2-4-23(21)37-27(24)30-25)15-19-7-10-22(36-19)17-5-8-20(9-6-17)38(33,34)31-11-13-35-14-12-31/h5-10,15H,1-4,11-14H2,(H,29,30,32)/b18-15+. The van der Waals surface area contributed by atoms with Crippen LogP contribution in [0.4, 0.5) is 0 Å². The highest BCUT2D eigenvalue weighted by Crippen LogP contribution is 2.34. The number of aryl methyl sites for hydroxylation is 2. The van der Waals surface area contributed by atoms with Gasteiger partial charge in [0.05, 0.1) is 29.1 Å². The fourth-order valence-electron chi connectivity index (χ4n) is 4.90. The Morgan fingerprint density at radius 2 is 1.87 bits per heavy atom. The number of benzene rings is 1. The lowest BCUT2D eigenvalue weighted by Crippen LogP contribution is -2.40. The number of hydrogen-bond acceptors (Lipinski definition) is 8. The Labute approximate surface area is 223 Å². The number of nitrogens with one attached hydrogen (secondary N) is 1. The molecule has 0 unspecified atom stereocenters. The monoisotopic (exact) mass is 548 g/mol. The van der Waals surface area contributed by atoms with Gasteiger partial charge in [0.2, 0.25) is 10.0 Å². The van der Waals surface area contributed by atoms with E-state index in [2.05, 4.69) is 16.0 Å². The highest BCUT2D eigenvalue weighted by Gasteiger charge is 2.26. The number of sulfonamides is 1. The molecule has 11 heteroatoms. The first-order valence-electron chi connectivity index (χ1n) is 12.4. The Balaban J connectivity index is 1.27. The van der Waals surface area contributed by atoms with Crippen molar-refractivity contribution in [2.75, 3.05) is 26.3 Å². The van der Waals surface area contributed by atoms with Gasteiger partial charge in [0.1, 0.15) is 22.4 Å². The van der Waals surface area contributed by atoms with Crippen LogP contribution in [-0.4, -0.2) is 49.0 Å². The number of thiophene rings is 1. The van der Waals surface area contributed by atoms with Crippen LogP contribution in [0.25, 0.3) is 33.2 Å². The number of rotatable bonds is 5. The number of nitriles is 1. The van der Waals surface area contributed by atoms with Crippen LogP contribution in [0, 0.1) is 11.3 Å². The average Bonchev–Trinajstić information content (AvgIpc) is 3.57. The summed E-state index contributed by atoms with van der Waals surface area (Å²) in [4.78, 5) is 22.4. The summed E-state index contributed by atoms with van der Waals surface area (Å²) in [5, 5.41) is 10.5. The second-order valence-electron chi connectivity index (χ2n) is 9.22. The number of nitrogens with zero attached hydrogens (tertiary/aromatic N) is 3. The number of furan rings is 1. The van der Waals surface area contributed by atoms with Gasteiger partial charge >= 0.3 is 0 Å². The Morgan fingerprint density at radius 3 is 2.63 bits per heavy atom. The second kappa shape index (κ2) is 9.96. The van der Waals surface area contributed by atoms with Crippen molar-refractivity contribution in [2.24, 2.45) is 0 Å². The minimum atomic E-state index is -3.58. The van der Waals surface area contributed by atoms with E-state index in [4.69, 9.17) is 9.15 Å². The molecule has 4 heterocycles. The molecule has 1 N–H and O–H groups in total. The summed E-state index contributed by atoms with van der Waals surface area (Å²) in [6, 6.07) is 12.1. The Morgan fingerprint density at radius 1 is 1.11 bits per heavy atom. The number of hydrogen-bond donors (Lipinski definition) is 1. The highest BCUT2D eigenvalue weighted by molar-refractivity contribution is 7.89. The molecule has 1 fully saturated rings. The van der Waals surface area contributed by atoms with Gasteiger partial charge in [-0.2, -0.15) is 9.57 Å². The predicted octanol–water partition coefficient (Wildman–Crippen LogP) is 4.21. The lowest BCUT2D eigenvalue weighted by Gasteiger charge is -2.26. The largest absolute Gasteiger partial charge is 0.457 e. The number of allylic oxidation sites excluding steroid dienone is 1. The predicted molar refractivity (Wildman–Crippen MR) is 144 cm³/mol. The summed E-state index contributed by atoms with van der Waals surface area (Å²) in [6.45, 7) is 1.44. The molecule has 1 aliphatic heterocycles. The van der Waals surface area contributed by atoms with Crippen LogP contribution in [0.5, 0.6) is 0 Å². The van der Waals surface area contributed by atoms with E-state index in [0.29, 0.717) is 53.6 Å². The van der Waals surface area contributed by atoms with Gasteiger partial charge in [-0.1, -0.05) is 0 Å². The highest BCUT2D eigenvalue weighted by atomic mass is 32.2. The van der Waals surface area contributed by atoms with Crippen LogP contribution >= 0.6 is 11.3 Å². The molecule has 6 rings (SSSR count). The summed E-state index contributed by atoms with van der Waals surface area (Å²) < 4.78 is 38.3. The Hall–Kier alpha value is -3.56. The van der Waals surface area contributed by atoms with Crippen LogP contribution < -0.4 is 5.56 Å². The number of aromatic nitrogens is 2. The molecule has 0 amide bonds. The minimum absolute atomic E-state index is 0.184. The van der Waals surface area contributed by atoms with E-state index in [1.54, 1.807) is 42.5 Å². The zero-order valence-electron chi connectivity index (χ0n) is 20.4. The molecule has 1 aromatic carbocycles. The van der Waals surface area contributed by atoms with Gasteiger partial charge in [-0.05, 0) is 67.6 Å². The summed E-state index contributed by atoms with van der Waals surface area (Å²) in [5.41, 5.74) is 1.75. The SMILES string of the molecule is N#C/C(=C\c1ccc(-c2ccc(S(=O)(=O)N3CCOCC3)cc2)o1)c1nc2sc3c(c2c(=O)[nH]1)CCCC3. The third kappa shape index (κ3) is 4.50. The molecule has 0 spiro atoms.